The van der Waals surface area contributed by atoms with Crippen LogP contribution in [0.1, 0.15) is 59.3 Å². The number of nitrogens with zero attached hydrogens (tertiary/aromatic N) is 1. The number of amides is 1. The van der Waals surface area contributed by atoms with Gasteiger partial charge in [-0.05, 0) is 45.7 Å². The number of ketones is 1. The van der Waals surface area contributed by atoms with Crippen LogP contribution in [0.5, 0.6) is 0 Å². The molecule has 0 aliphatic heterocycles. The molecule has 0 unspecified atom stereocenters. The van der Waals surface area contributed by atoms with Crippen molar-refractivity contribution in [2.75, 3.05) is 4.90 Å². The van der Waals surface area contributed by atoms with Gasteiger partial charge in [-0.25, -0.2) is 0 Å². The number of hydrogen-bond donors (Lipinski definition) is 0. The van der Waals surface area contributed by atoms with E-state index in [-0.39, 0.29) is 17.7 Å². The van der Waals surface area contributed by atoms with Gasteiger partial charge in [0.2, 0.25) is 5.91 Å². The van der Waals surface area contributed by atoms with Crippen molar-refractivity contribution >= 4 is 17.4 Å². The standard InChI is InChI=1S/C18H27NO2/c1-15(2)19(17-12-8-6-9-13-17)18(21)14-10-5-4-7-11-16(3)20/h6,8-9,12-13,15H,4-5,7,10-11,14H2,1-3H3. The third-order valence-corrected chi connectivity index (χ3v) is 3.49. The van der Waals surface area contributed by atoms with Crippen molar-refractivity contribution in [3.05, 3.63) is 30.3 Å². The topological polar surface area (TPSA) is 37.4 Å². The van der Waals surface area contributed by atoms with E-state index in [1.165, 1.54) is 0 Å². The van der Waals surface area contributed by atoms with Gasteiger partial charge in [-0.3, -0.25) is 4.79 Å². The summed E-state index contributed by atoms with van der Waals surface area (Å²) >= 11 is 0. The minimum absolute atomic E-state index is 0.164. The van der Waals surface area contributed by atoms with Gasteiger partial charge in [-0.2, -0.15) is 0 Å². The van der Waals surface area contributed by atoms with E-state index in [0.29, 0.717) is 12.8 Å². The van der Waals surface area contributed by atoms with Crippen LogP contribution < -0.4 is 4.90 Å². The Hall–Kier alpha value is -1.64. The zero-order chi connectivity index (χ0) is 15.7. The van der Waals surface area contributed by atoms with Crippen LogP contribution in [0.4, 0.5) is 5.69 Å². The third kappa shape index (κ3) is 6.56. The zero-order valence-electron chi connectivity index (χ0n) is 13.5. The van der Waals surface area contributed by atoms with Gasteiger partial charge < -0.3 is 9.69 Å². The minimum atomic E-state index is 0.164. The van der Waals surface area contributed by atoms with E-state index in [2.05, 4.69) is 0 Å². The van der Waals surface area contributed by atoms with Gasteiger partial charge in [0.05, 0.1) is 0 Å². The molecule has 1 aromatic rings. The molecule has 0 aliphatic carbocycles. The molecule has 0 saturated heterocycles. The maximum Gasteiger partial charge on any atom is 0.227 e. The Bertz CT molecular complexity index is 440. The maximum absolute atomic E-state index is 12.4. The van der Waals surface area contributed by atoms with Gasteiger partial charge in [0.15, 0.2) is 0 Å². The summed E-state index contributed by atoms with van der Waals surface area (Å²) < 4.78 is 0. The summed E-state index contributed by atoms with van der Waals surface area (Å²) in [5.74, 6) is 0.434. The molecule has 0 heterocycles. The highest BCUT2D eigenvalue weighted by Gasteiger charge is 2.17. The smallest absolute Gasteiger partial charge is 0.227 e. The van der Waals surface area contributed by atoms with Crippen molar-refractivity contribution in [1.29, 1.82) is 0 Å². The number of carbonyl (C=O) groups is 2. The number of unbranched alkanes of at least 4 members (excludes halogenated alkanes) is 3. The van der Waals surface area contributed by atoms with Gasteiger partial charge >= 0.3 is 0 Å². The number of hydrogen-bond acceptors (Lipinski definition) is 2. The monoisotopic (exact) mass is 289 g/mol. The van der Waals surface area contributed by atoms with E-state index in [4.69, 9.17) is 0 Å². The van der Waals surface area contributed by atoms with E-state index in [9.17, 15) is 9.59 Å². The molecule has 0 fully saturated rings. The Kier molecular flexibility index (Phi) is 7.73. The average Bonchev–Trinajstić information content (AvgIpc) is 2.43. The molecule has 1 rings (SSSR count). The van der Waals surface area contributed by atoms with Gasteiger partial charge in [-0.15, -0.1) is 0 Å². The molecule has 0 aliphatic rings. The van der Waals surface area contributed by atoms with Crippen LogP contribution in [0.15, 0.2) is 30.3 Å². The van der Waals surface area contributed by atoms with Crippen molar-refractivity contribution in [1.82, 2.24) is 0 Å². The Balaban J connectivity index is 2.39. The van der Waals surface area contributed by atoms with Crippen molar-refractivity contribution < 1.29 is 9.59 Å². The van der Waals surface area contributed by atoms with Gasteiger partial charge in [-0.1, -0.05) is 31.0 Å². The highest BCUT2D eigenvalue weighted by atomic mass is 16.2. The van der Waals surface area contributed by atoms with E-state index in [0.717, 1.165) is 31.4 Å². The van der Waals surface area contributed by atoms with E-state index >= 15 is 0 Å². The Labute approximate surface area is 128 Å². The number of carbonyl (C=O) groups excluding carboxylic acids is 2. The fraction of sp³-hybridized carbons (Fsp3) is 0.556. The second-order valence-electron chi connectivity index (χ2n) is 5.81. The number of benzene rings is 1. The molecule has 0 aromatic heterocycles. The first-order valence-corrected chi connectivity index (χ1v) is 7.89. The van der Waals surface area contributed by atoms with Crippen molar-refractivity contribution in [3.8, 4) is 0 Å². The number of Topliss-reactive ketones (excluding diaryl/α,β-unsaturated/α-hetero) is 1. The predicted molar refractivity (Wildman–Crippen MR) is 87.4 cm³/mol. The summed E-state index contributed by atoms with van der Waals surface area (Å²) in [5.41, 5.74) is 0.967. The normalized spacial score (nSPS) is 10.7. The number of anilines is 1. The lowest BCUT2D eigenvalue weighted by Crippen LogP contribution is -2.36. The molecular weight excluding hydrogens is 262 g/mol. The minimum Gasteiger partial charge on any atom is -0.310 e. The van der Waals surface area contributed by atoms with E-state index < -0.39 is 0 Å². The van der Waals surface area contributed by atoms with E-state index in [1.807, 2.05) is 49.1 Å². The predicted octanol–water partition coefficient (Wildman–Crippen LogP) is 4.36. The molecule has 0 saturated carbocycles. The van der Waals surface area contributed by atoms with Gasteiger partial charge in [0.1, 0.15) is 5.78 Å². The zero-order valence-corrected chi connectivity index (χ0v) is 13.5. The lowest BCUT2D eigenvalue weighted by atomic mass is 10.1. The first kappa shape index (κ1) is 17.4. The number of para-hydroxylation sites is 1. The van der Waals surface area contributed by atoms with Crippen LogP contribution in [0.25, 0.3) is 0 Å². The quantitative estimate of drug-likeness (QED) is 0.633. The molecule has 0 bridgehead atoms. The molecular formula is C18H27NO2. The van der Waals surface area contributed by atoms with Crippen molar-refractivity contribution in [2.24, 2.45) is 0 Å². The second-order valence-corrected chi connectivity index (χ2v) is 5.81. The second kappa shape index (κ2) is 9.32. The van der Waals surface area contributed by atoms with E-state index in [1.54, 1.807) is 6.92 Å². The van der Waals surface area contributed by atoms with Crippen molar-refractivity contribution in [3.63, 3.8) is 0 Å². The van der Waals surface area contributed by atoms with Crippen LogP contribution in [-0.2, 0) is 9.59 Å². The molecule has 3 heteroatoms. The van der Waals surface area contributed by atoms with Gasteiger partial charge in [0, 0.05) is 24.6 Å². The van der Waals surface area contributed by atoms with Crippen LogP contribution in [0, 0.1) is 0 Å². The summed E-state index contributed by atoms with van der Waals surface area (Å²) in [5, 5.41) is 0. The summed E-state index contributed by atoms with van der Waals surface area (Å²) in [4.78, 5) is 25.1. The highest BCUT2D eigenvalue weighted by molar-refractivity contribution is 5.93. The highest BCUT2D eigenvalue weighted by Crippen LogP contribution is 2.19. The molecule has 1 aromatic carbocycles. The Morgan fingerprint density at radius 2 is 1.52 bits per heavy atom. The molecule has 3 nitrogen and oxygen atoms in total. The molecule has 0 radical (unpaired) electrons. The largest absolute Gasteiger partial charge is 0.310 e. The molecule has 116 valence electrons. The Morgan fingerprint density at radius 1 is 0.952 bits per heavy atom. The fourth-order valence-corrected chi connectivity index (χ4v) is 2.44. The SMILES string of the molecule is CC(=O)CCCCCCC(=O)N(c1ccccc1)C(C)C. The molecule has 21 heavy (non-hydrogen) atoms. The van der Waals surface area contributed by atoms with Crippen LogP contribution in [-0.4, -0.2) is 17.7 Å². The summed E-state index contributed by atoms with van der Waals surface area (Å²) in [6.07, 6.45) is 5.12. The maximum atomic E-state index is 12.4. The van der Waals surface area contributed by atoms with Crippen molar-refractivity contribution in [2.45, 2.75) is 65.3 Å². The molecule has 1 amide bonds. The fourth-order valence-electron chi connectivity index (χ4n) is 2.44. The Morgan fingerprint density at radius 3 is 2.05 bits per heavy atom. The third-order valence-electron chi connectivity index (χ3n) is 3.49. The lowest BCUT2D eigenvalue weighted by Gasteiger charge is -2.27. The molecule has 0 atom stereocenters. The first-order valence-electron chi connectivity index (χ1n) is 7.89. The first-order chi connectivity index (χ1) is 10.0. The average molecular weight is 289 g/mol. The summed E-state index contributed by atoms with van der Waals surface area (Å²) in [6.45, 7) is 5.71. The van der Waals surface area contributed by atoms with Crippen LogP contribution >= 0.6 is 0 Å². The summed E-state index contributed by atoms with van der Waals surface area (Å²) in [7, 11) is 0. The van der Waals surface area contributed by atoms with Gasteiger partial charge in [0.25, 0.3) is 0 Å². The number of rotatable bonds is 9. The van der Waals surface area contributed by atoms with Crippen LogP contribution in [0.3, 0.4) is 0 Å². The lowest BCUT2D eigenvalue weighted by molar-refractivity contribution is -0.119. The molecule has 0 spiro atoms. The summed E-state index contributed by atoms with van der Waals surface area (Å²) in [6, 6.07) is 9.99. The van der Waals surface area contributed by atoms with Crippen LogP contribution in [0.2, 0.25) is 0 Å². The molecule has 0 N–H and O–H groups in total.